The highest BCUT2D eigenvalue weighted by Gasteiger charge is 1.99. The maximum absolute atomic E-state index is 5.14. The Bertz CT molecular complexity index is 466. The van der Waals surface area contributed by atoms with E-state index < -0.39 is 0 Å². The van der Waals surface area contributed by atoms with Crippen molar-refractivity contribution >= 4 is 44.8 Å². The highest BCUT2D eigenvalue weighted by Crippen LogP contribution is 2.14. The lowest BCUT2D eigenvalue weighted by atomic mass is 10.3. The third kappa shape index (κ3) is 3.04. The first-order valence-electron chi connectivity index (χ1n) is 4.57. The van der Waals surface area contributed by atoms with Crippen molar-refractivity contribution in [2.75, 3.05) is 10.6 Å². The van der Waals surface area contributed by atoms with Gasteiger partial charge in [0, 0.05) is 16.2 Å². The molecule has 0 aliphatic heterocycles. The van der Waals surface area contributed by atoms with Crippen LogP contribution in [0, 0.1) is 0 Å². The summed E-state index contributed by atoms with van der Waals surface area (Å²) in [5.74, 6) is 0.759. The van der Waals surface area contributed by atoms with Crippen molar-refractivity contribution in [3.63, 3.8) is 0 Å². The van der Waals surface area contributed by atoms with Gasteiger partial charge in [0.2, 0.25) is 0 Å². The van der Waals surface area contributed by atoms with Crippen LogP contribution in [-0.2, 0) is 0 Å². The molecule has 0 aliphatic carbocycles. The molecule has 82 valence electrons. The molecule has 2 rings (SSSR count). The van der Waals surface area contributed by atoms with Gasteiger partial charge in [0.05, 0.1) is 6.20 Å². The Balaban J connectivity index is 1.95. The highest BCUT2D eigenvalue weighted by atomic mass is 79.9. The molecule has 0 amide bonds. The first kappa shape index (κ1) is 11.1. The van der Waals surface area contributed by atoms with Gasteiger partial charge in [-0.1, -0.05) is 15.9 Å². The van der Waals surface area contributed by atoms with Crippen LogP contribution in [0.1, 0.15) is 0 Å². The van der Waals surface area contributed by atoms with E-state index in [2.05, 4.69) is 36.8 Å². The molecule has 0 saturated heterocycles. The fourth-order valence-corrected chi connectivity index (χ4v) is 1.64. The number of aromatic nitrogens is 2. The number of benzene rings is 1. The minimum atomic E-state index is 0.520. The van der Waals surface area contributed by atoms with Gasteiger partial charge < -0.3 is 10.6 Å². The smallest absolute Gasteiger partial charge is 0.176 e. The van der Waals surface area contributed by atoms with Gasteiger partial charge >= 0.3 is 0 Å². The standard InChI is InChI=1S/C10H9BrN4S/c11-7-1-3-8(4-2-7)13-10(16)14-9-5-6-12-15-9/h1-6H,(H3,12,13,14,15,16). The Morgan fingerprint density at radius 3 is 2.56 bits per heavy atom. The van der Waals surface area contributed by atoms with Gasteiger partial charge in [0.15, 0.2) is 5.11 Å². The number of rotatable bonds is 2. The van der Waals surface area contributed by atoms with Crippen LogP contribution in [0.2, 0.25) is 0 Å². The molecule has 0 atom stereocenters. The first-order chi connectivity index (χ1) is 7.74. The molecule has 0 fully saturated rings. The number of halogens is 1. The zero-order chi connectivity index (χ0) is 11.4. The lowest BCUT2D eigenvalue weighted by molar-refractivity contribution is 1.10. The van der Waals surface area contributed by atoms with Gasteiger partial charge in [-0.25, -0.2) is 0 Å². The normalized spacial score (nSPS) is 9.81. The summed E-state index contributed by atoms with van der Waals surface area (Å²) in [6, 6.07) is 9.56. The molecular weight excluding hydrogens is 288 g/mol. The minimum Gasteiger partial charge on any atom is -0.332 e. The number of nitrogens with one attached hydrogen (secondary N) is 3. The number of nitrogens with zero attached hydrogens (tertiary/aromatic N) is 1. The molecular formula is C10H9BrN4S. The molecule has 0 unspecified atom stereocenters. The Hall–Kier alpha value is -1.40. The third-order valence-corrected chi connectivity index (χ3v) is 2.58. The first-order valence-corrected chi connectivity index (χ1v) is 5.77. The van der Waals surface area contributed by atoms with Gasteiger partial charge in [0.25, 0.3) is 0 Å². The largest absolute Gasteiger partial charge is 0.332 e. The van der Waals surface area contributed by atoms with Crippen LogP contribution >= 0.6 is 28.1 Å². The highest BCUT2D eigenvalue weighted by molar-refractivity contribution is 9.10. The number of anilines is 2. The molecule has 1 aromatic heterocycles. The fraction of sp³-hybridized carbons (Fsp3) is 0. The summed E-state index contributed by atoms with van der Waals surface area (Å²) in [4.78, 5) is 0. The van der Waals surface area contributed by atoms with Crippen molar-refractivity contribution in [3.8, 4) is 0 Å². The number of H-pyrrole nitrogens is 1. The van der Waals surface area contributed by atoms with E-state index in [0.717, 1.165) is 16.0 Å². The van der Waals surface area contributed by atoms with Crippen molar-refractivity contribution < 1.29 is 0 Å². The summed E-state index contributed by atoms with van der Waals surface area (Å²) in [5, 5.41) is 13.1. The molecule has 0 saturated carbocycles. The third-order valence-electron chi connectivity index (χ3n) is 1.85. The van der Waals surface area contributed by atoms with Crippen LogP contribution in [0.25, 0.3) is 0 Å². The van der Waals surface area contributed by atoms with E-state index in [1.807, 2.05) is 24.3 Å². The van der Waals surface area contributed by atoms with Crippen molar-refractivity contribution in [3.05, 3.63) is 41.0 Å². The Kier molecular flexibility index (Phi) is 3.53. The van der Waals surface area contributed by atoms with Crippen LogP contribution < -0.4 is 10.6 Å². The number of hydrogen-bond acceptors (Lipinski definition) is 2. The molecule has 0 radical (unpaired) electrons. The molecule has 1 aromatic carbocycles. The van der Waals surface area contributed by atoms with Crippen molar-refractivity contribution in [1.29, 1.82) is 0 Å². The average Bonchev–Trinajstić information content (AvgIpc) is 2.74. The molecule has 16 heavy (non-hydrogen) atoms. The SMILES string of the molecule is S=C(Nc1ccc(Br)cc1)Nc1ccn[nH]1. The van der Waals surface area contributed by atoms with E-state index in [1.165, 1.54) is 0 Å². The van der Waals surface area contributed by atoms with Gasteiger partial charge in [-0.2, -0.15) is 5.10 Å². The van der Waals surface area contributed by atoms with Crippen LogP contribution in [0.5, 0.6) is 0 Å². The predicted molar refractivity (Wildman–Crippen MR) is 72.6 cm³/mol. The molecule has 2 aromatic rings. The molecule has 0 spiro atoms. The molecule has 3 N–H and O–H groups in total. The average molecular weight is 297 g/mol. The van der Waals surface area contributed by atoms with Gasteiger partial charge in [-0.05, 0) is 36.5 Å². The van der Waals surface area contributed by atoms with Gasteiger partial charge in [0.1, 0.15) is 5.82 Å². The van der Waals surface area contributed by atoms with Crippen LogP contribution in [0.3, 0.4) is 0 Å². The fourth-order valence-electron chi connectivity index (χ4n) is 1.14. The van der Waals surface area contributed by atoms with E-state index in [0.29, 0.717) is 5.11 Å². The van der Waals surface area contributed by atoms with Crippen molar-refractivity contribution in [1.82, 2.24) is 10.2 Å². The monoisotopic (exact) mass is 296 g/mol. The Morgan fingerprint density at radius 1 is 1.19 bits per heavy atom. The van der Waals surface area contributed by atoms with Gasteiger partial charge in [-0.3, -0.25) is 5.10 Å². The van der Waals surface area contributed by atoms with Crippen LogP contribution in [0.15, 0.2) is 41.0 Å². The molecule has 4 nitrogen and oxygen atoms in total. The maximum atomic E-state index is 5.14. The van der Waals surface area contributed by atoms with E-state index in [1.54, 1.807) is 12.3 Å². The summed E-state index contributed by atoms with van der Waals surface area (Å²) in [6.45, 7) is 0. The van der Waals surface area contributed by atoms with Crippen LogP contribution in [0.4, 0.5) is 11.5 Å². The number of hydrogen-bond donors (Lipinski definition) is 3. The van der Waals surface area contributed by atoms with E-state index in [4.69, 9.17) is 12.2 Å². The predicted octanol–water partition coefficient (Wildman–Crippen LogP) is 2.98. The molecule has 0 bridgehead atoms. The maximum Gasteiger partial charge on any atom is 0.176 e. The lowest BCUT2D eigenvalue weighted by Gasteiger charge is -2.08. The van der Waals surface area contributed by atoms with Crippen molar-refractivity contribution in [2.24, 2.45) is 0 Å². The molecule has 1 heterocycles. The van der Waals surface area contributed by atoms with E-state index in [-0.39, 0.29) is 0 Å². The summed E-state index contributed by atoms with van der Waals surface area (Å²) in [6.07, 6.45) is 1.66. The van der Waals surface area contributed by atoms with E-state index >= 15 is 0 Å². The quantitative estimate of drug-likeness (QED) is 0.746. The summed E-state index contributed by atoms with van der Waals surface area (Å²) in [7, 11) is 0. The summed E-state index contributed by atoms with van der Waals surface area (Å²) >= 11 is 8.51. The van der Waals surface area contributed by atoms with Gasteiger partial charge in [-0.15, -0.1) is 0 Å². The minimum absolute atomic E-state index is 0.520. The second-order valence-corrected chi connectivity index (χ2v) is 4.38. The topological polar surface area (TPSA) is 52.7 Å². The molecule has 0 aliphatic rings. The zero-order valence-corrected chi connectivity index (χ0v) is 10.6. The lowest BCUT2D eigenvalue weighted by Crippen LogP contribution is -2.19. The Morgan fingerprint density at radius 2 is 1.94 bits per heavy atom. The second kappa shape index (κ2) is 5.09. The molecule has 6 heteroatoms. The zero-order valence-electron chi connectivity index (χ0n) is 8.20. The Labute approximate surface area is 107 Å². The van der Waals surface area contributed by atoms with Crippen LogP contribution in [-0.4, -0.2) is 15.3 Å². The second-order valence-electron chi connectivity index (χ2n) is 3.06. The van der Waals surface area contributed by atoms with E-state index in [9.17, 15) is 0 Å². The van der Waals surface area contributed by atoms with Crippen molar-refractivity contribution in [2.45, 2.75) is 0 Å². The number of aromatic amines is 1. The summed E-state index contributed by atoms with van der Waals surface area (Å²) in [5.41, 5.74) is 0.931. The number of thiocarbonyl (C=S) groups is 1. The summed E-state index contributed by atoms with van der Waals surface area (Å²) < 4.78 is 1.03.